The van der Waals surface area contributed by atoms with Crippen molar-refractivity contribution in [3.8, 4) is 22.8 Å². The highest BCUT2D eigenvalue weighted by atomic mass is 16.5. The summed E-state index contributed by atoms with van der Waals surface area (Å²) in [5.41, 5.74) is 4.05. The van der Waals surface area contributed by atoms with Crippen molar-refractivity contribution in [1.82, 2.24) is 15.2 Å². The van der Waals surface area contributed by atoms with Gasteiger partial charge in [-0.25, -0.2) is 5.43 Å². The average Bonchev–Trinajstić information content (AvgIpc) is 2.69. The van der Waals surface area contributed by atoms with Crippen LogP contribution in [0.4, 0.5) is 5.95 Å². The lowest BCUT2D eigenvalue weighted by Crippen LogP contribution is -2.15. The van der Waals surface area contributed by atoms with Crippen LogP contribution in [0.15, 0.2) is 58.4 Å². The van der Waals surface area contributed by atoms with E-state index >= 15 is 0 Å². The average molecular weight is 365 g/mol. The van der Waals surface area contributed by atoms with Crippen LogP contribution in [0.2, 0.25) is 0 Å². The van der Waals surface area contributed by atoms with Crippen molar-refractivity contribution in [3.05, 3.63) is 64.4 Å². The summed E-state index contributed by atoms with van der Waals surface area (Å²) in [7, 11) is 1.58. The molecule has 0 spiro atoms. The van der Waals surface area contributed by atoms with Gasteiger partial charge >= 0.3 is 0 Å². The Morgan fingerprint density at radius 1 is 1.15 bits per heavy atom. The third-order valence-corrected chi connectivity index (χ3v) is 3.62. The van der Waals surface area contributed by atoms with E-state index in [1.54, 1.807) is 37.6 Å². The van der Waals surface area contributed by atoms with Crippen LogP contribution in [-0.4, -0.2) is 35.1 Å². The summed E-state index contributed by atoms with van der Waals surface area (Å²) in [6.45, 7) is 2.43. The van der Waals surface area contributed by atoms with Gasteiger partial charge in [0.2, 0.25) is 5.95 Å². The van der Waals surface area contributed by atoms with Crippen LogP contribution in [0.3, 0.4) is 0 Å². The third kappa shape index (κ3) is 4.49. The highest BCUT2D eigenvalue weighted by Crippen LogP contribution is 2.27. The second-order valence-corrected chi connectivity index (χ2v) is 5.43. The van der Waals surface area contributed by atoms with Crippen LogP contribution in [0, 0.1) is 0 Å². The maximum absolute atomic E-state index is 12.2. The Labute approximate surface area is 155 Å². The first-order valence-corrected chi connectivity index (χ1v) is 8.33. The maximum atomic E-state index is 12.2. The zero-order valence-electron chi connectivity index (χ0n) is 15.0. The van der Waals surface area contributed by atoms with E-state index in [1.807, 2.05) is 31.2 Å². The first-order valence-electron chi connectivity index (χ1n) is 8.33. The van der Waals surface area contributed by atoms with Gasteiger partial charge in [-0.1, -0.05) is 30.3 Å². The van der Waals surface area contributed by atoms with Crippen LogP contribution >= 0.6 is 0 Å². The van der Waals surface area contributed by atoms with E-state index in [2.05, 4.69) is 25.7 Å². The Hall–Kier alpha value is -3.68. The molecule has 0 bridgehead atoms. The fraction of sp³-hybridized carbons (Fsp3) is 0.158. The Bertz CT molecular complexity index is 986. The number of methoxy groups -OCH3 is 1. The van der Waals surface area contributed by atoms with Crippen LogP contribution in [-0.2, 0) is 0 Å². The standard InChI is InChI=1S/C19H19N5O3/c1-3-27-16-11-13(9-10-15(16)26-2)12-20-23-19-21-18(25)17(22-24-19)14-7-5-4-6-8-14/h4-12H,3H2,1-2H3,(H2,21,23,24,25)/b20-12+. The molecule has 0 aliphatic rings. The predicted octanol–water partition coefficient (Wildman–Crippen LogP) is 2.69. The Kier molecular flexibility index (Phi) is 5.78. The van der Waals surface area contributed by atoms with Crippen molar-refractivity contribution < 1.29 is 9.47 Å². The van der Waals surface area contributed by atoms with Crippen molar-refractivity contribution in [2.24, 2.45) is 5.10 Å². The van der Waals surface area contributed by atoms with E-state index < -0.39 is 0 Å². The third-order valence-electron chi connectivity index (χ3n) is 3.62. The maximum Gasteiger partial charge on any atom is 0.279 e. The summed E-state index contributed by atoms with van der Waals surface area (Å²) < 4.78 is 10.8. The number of aromatic amines is 1. The Morgan fingerprint density at radius 3 is 2.67 bits per heavy atom. The van der Waals surface area contributed by atoms with E-state index in [0.29, 0.717) is 23.7 Å². The lowest BCUT2D eigenvalue weighted by atomic mass is 10.2. The summed E-state index contributed by atoms with van der Waals surface area (Å²) in [5.74, 6) is 1.42. The number of nitrogens with one attached hydrogen (secondary N) is 2. The number of rotatable bonds is 7. The summed E-state index contributed by atoms with van der Waals surface area (Å²) in [6.07, 6.45) is 1.58. The molecule has 0 saturated carbocycles. The zero-order valence-corrected chi connectivity index (χ0v) is 15.0. The molecular formula is C19H19N5O3. The van der Waals surface area contributed by atoms with Gasteiger partial charge in [-0.3, -0.25) is 9.78 Å². The van der Waals surface area contributed by atoms with E-state index in [4.69, 9.17) is 9.47 Å². The van der Waals surface area contributed by atoms with Crippen molar-refractivity contribution in [3.63, 3.8) is 0 Å². The van der Waals surface area contributed by atoms with E-state index in [1.165, 1.54) is 0 Å². The molecule has 0 fully saturated rings. The van der Waals surface area contributed by atoms with Crippen LogP contribution < -0.4 is 20.5 Å². The Morgan fingerprint density at radius 2 is 1.96 bits per heavy atom. The number of hydrazone groups is 1. The molecule has 2 aromatic carbocycles. The van der Waals surface area contributed by atoms with Crippen LogP contribution in [0.5, 0.6) is 11.5 Å². The van der Waals surface area contributed by atoms with Gasteiger partial charge in [0.25, 0.3) is 5.56 Å². The topological polar surface area (TPSA) is 101 Å². The monoisotopic (exact) mass is 365 g/mol. The number of benzene rings is 2. The van der Waals surface area contributed by atoms with E-state index in [-0.39, 0.29) is 17.2 Å². The van der Waals surface area contributed by atoms with Gasteiger partial charge in [-0.15, -0.1) is 10.2 Å². The summed E-state index contributed by atoms with van der Waals surface area (Å²) in [5, 5.41) is 12.0. The molecule has 0 atom stereocenters. The minimum absolute atomic E-state index is 0.148. The van der Waals surface area contributed by atoms with Gasteiger partial charge in [0.1, 0.15) is 0 Å². The lowest BCUT2D eigenvalue weighted by Gasteiger charge is -2.09. The summed E-state index contributed by atoms with van der Waals surface area (Å²) >= 11 is 0. The fourth-order valence-electron chi connectivity index (χ4n) is 2.38. The van der Waals surface area contributed by atoms with Crippen molar-refractivity contribution >= 4 is 12.2 Å². The molecule has 1 aromatic heterocycles. The number of ether oxygens (including phenoxy) is 2. The smallest absolute Gasteiger partial charge is 0.279 e. The molecule has 8 heteroatoms. The number of H-pyrrole nitrogens is 1. The molecule has 0 amide bonds. The number of anilines is 1. The van der Waals surface area contributed by atoms with Gasteiger partial charge in [0.05, 0.1) is 19.9 Å². The molecule has 0 aliphatic carbocycles. The molecule has 0 saturated heterocycles. The normalized spacial score (nSPS) is 10.7. The van der Waals surface area contributed by atoms with Crippen LogP contribution in [0.25, 0.3) is 11.3 Å². The van der Waals surface area contributed by atoms with Gasteiger partial charge < -0.3 is 9.47 Å². The first-order chi connectivity index (χ1) is 13.2. The fourth-order valence-corrected chi connectivity index (χ4v) is 2.38. The van der Waals surface area contributed by atoms with Gasteiger partial charge in [0, 0.05) is 5.56 Å². The van der Waals surface area contributed by atoms with Crippen molar-refractivity contribution in [2.75, 3.05) is 19.1 Å². The van der Waals surface area contributed by atoms with E-state index in [9.17, 15) is 4.79 Å². The van der Waals surface area contributed by atoms with Crippen molar-refractivity contribution in [2.45, 2.75) is 6.92 Å². The van der Waals surface area contributed by atoms with Crippen LogP contribution in [0.1, 0.15) is 12.5 Å². The lowest BCUT2D eigenvalue weighted by molar-refractivity contribution is 0.311. The molecular weight excluding hydrogens is 346 g/mol. The van der Waals surface area contributed by atoms with E-state index in [0.717, 1.165) is 5.56 Å². The highest BCUT2D eigenvalue weighted by molar-refractivity contribution is 5.81. The molecule has 0 radical (unpaired) electrons. The minimum Gasteiger partial charge on any atom is -0.493 e. The predicted molar refractivity (Wildman–Crippen MR) is 103 cm³/mol. The van der Waals surface area contributed by atoms with Gasteiger partial charge in [-0.05, 0) is 30.7 Å². The highest BCUT2D eigenvalue weighted by Gasteiger charge is 2.07. The molecule has 0 unspecified atom stereocenters. The number of nitrogens with zero attached hydrogens (tertiary/aromatic N) is 3. The van der Waals surface area contributed by atoms with Crippen molar-refractivity contribution in [1.29, 1.82) is 0 Å². The second-order valence-electron chi connectivity index (χ2n) is 5.43. The Balaban J connectivity index is 1.72. The molecule has 0 aliphatic heterocycles. The summed E-state index contributed by atoms with van der Waals surface area (Å²) in [4.78, 5) is 14.8. The minimum atomic E-state index is -0.350. The zero-order chi connectivity index (χ0) is 19.1. The molecule has 138 valence electrons. The molecule has 2 N–H and O–H groups in total. The molecule has 3 rings (SSSR count). The molecule has 1 heterocycles. The number of aromatic nitrogens is 3. The summed E-state index contributed by atoms with van der Waals surface area (Å²) in [6, 6.07) is 14.6. The number of hydrogen-bond acceptors (Lipinski definition) is 7. The number of hydrogen-bond donors (Lipinski definition) is 2. The van der Waals surface area contributed by atoms with Gasteiger partial charge in [-0.2, -0.15) is 5.10 Å². The molecule has 8 nitrogen and oxygen atoms in total. The molecule has 3 aromatic rings. The SMILES string of the molecule is CCOc1cc(/C=N/Nc2nnc(-c3ccccc3)c(=O)[nH]2)ccc1OC. The quantitative estimate of drug-likeness (QED) is 0.493. The first kappa shape index (κ1) is 18.1. The molecule has 27 heavy (non-hydrogen) atoms. The van der Waals surface area contributed by atoms with Gasteiger partial charge in [0.15, 0.2) is 17.2 Å². The second kappa shape index (κ2) is 8.61. The largest absolute Gasteiger partial charge is 0.493 e.